The van der Waals surface area contributed by atoms with Crippen LogP contribution in [0.25, 0.3) is 11.0 Å². The van der Waals surface area contributed by atoms with Gasteiger partial charge in [-0.05, 0) is 60.7 Å². The molecule has 0 unspecified atom stereocenters. The van der Waals surface area contributed by atoms with Gasteiger partial charge in [0, 0.05) is 30.3 Å². The van der Waals surface area contributed by atoms with E-state index in [9.17, 15) is 9.90 Å². The topological polar surface area (TPSA) is 89.7 Å². The lowest BCUT2D eigenvalue weighted by molar-refractivity contribution is -0.0592. The number of carbonyl (C=O) groups is 1. The van der Waals surface area contributed by atoms with Crippen LogP contribution in [0.2, 0.25) is 10.0 Å². The van der Waals surface area contributed by atoms with Gasteiger partial charge < -0.3 is 19.1 Å². The summed E-state index contributed by atoms with van der Waals surface area (Å²) in [5.74, 6) is 0.326. The van der Waals surface area contributed by atoms with Crippen LogP contribution in [0.4, 0.5) is 0 Å². The molecule has 8 nitrogen and oxygen atoms in total. The second-order valence-corrected chi connectivity index (χ2v) is 11.2. The fourth-order valence-electron chi connectivity index (χ4n) is 5.24. The fraction of sp³-hybridized carbons (Fsp3) is 0.367. The van der Waals surface area contributed by atoms with Crippen LogP contribution >= 0.6 is 23.2 Å². The highest BCUT2D eigenvalue weighted by molar-refractivity contribution is 6.32. The average molecular weight is 582 g/mol. The summed E-state index contributed by atoms with van der Waals surface area (Å²) in [6.45, 7) is 5.83. The normalized spacial score (nSPS) is 17.0. The van der Waals surface area contributed by atoms with Gasteiger partial charge in [-0.15, -0.1) is 0 Å². The number of pyridine rings is 1. The Balaban J connectivity index is 1.21. The third kappa shape index (κ3) is 5.54. The molecule has 2 aliphatic rings. The first-order valence-electron chi connectivity index (χ1n) is 13.5. The second kappa shape index (κ2) is 11.4. The number of carboxylic acids is 1. The minimum absolute atomic E-state index is 0.113. The number of aromatic nitrogens is 3. The summed E-state index contributed by atoms with van der Waals surface area (Å²) in [6, 6.07) is 13.0. The van der Waals surface area contributed by atoms with E-state index in [4.69, 9.17) is 42.6 Å². The van der Waals surface area contributed by atoms with Gasteiger partial charge in [-0.25, -0.2) is 14.8 Å². The summed E-state index contributed by atoms with van der Waals surface area (Å²) in [5, 5.41) is 10.7. The maximum absolute atomic E-state index is 11.6. The molecule has 0 saturated carbocycles. The van der Waals surface area contributed by atoms with E-state index >= 15 is 0 Å². The van der Waals surface area contributed by atoms with Crippen molar-refractivity contribution < 1.29 is 19.4 Å². The summed E-state index contributed by atoms with van der Waals surface area (Å²) in [6.07, 6.45) is 2.82. The molecule has 0 spiro atoms. The first-order valence-corrected chi connectivity index (χ1v) is 14.3. The molecule has 4 heterocycles. The smallest absolute Gasteiger partial charge is 0.335 e. The number of imidazole rings is 1. The van der Waals surface area contributed by atoms with Gasteiger partial charge in [0.05, 0.1) is 41.5 Å². The van der Waals surface area contributed by atoms with Crippen molar-refractivity contribution in [1.29, 1.82) is 0 Å². The lowest BCUT2D eigenvalue weighted by atomic mass is 10.1. The average Bonchev–Trinajstić information content (AvgIpc) is 3.25. The summed E-state index contributed by atoms with van der Waals surface area (Å²) in [5.41, 5.74) is 5.94. The van der Waals surface area contributed by atoms with Crippen molar-refractivity contribution >= 4 is 40.2 Å². The Morgan fingerprint density at radius 3 is 2.73 bits per heavy atom. The van der Waals surface area contributed by atoms with E-state index in [2.05, 4.69) is 22.5 Å². The summed E-state index contributed by atoms with van der Waals surface area (Å²) in [7, 11) is 0. The van der Waals surface area contributed by atoms with Crippen LogP contribution < -0.4 is 4.74 Å². The second-order valence-electron chi connectivity index (χ2n) is 10.3. The minimum atomic E-state index is -0.952. The van der Waals surface area contributed by atoms with Gasteiger partial charge in [0.15, 0.2) is 0 Å². The van der Waals surface area contributed by atoms with Crippen LogP contribution in [0.1, 0.15) is 51.9 Å². The van der Waals surface area contributed by atoms with Gasteiger partial charge in [0.1, 0.15) is 17.5 Å². The van der Waals surface area contributed by atoms with E-state index < -0.39 is 5.97 Å². The van der Waals surface area contributed by atoms with Crippen molar-refractivity contribution in [3.05, 3.63) is 86.3 Å². The summed E-state index contributed by atoms with van der Waals surface area (Å²) < 4.78 is 13.8. The summed E-state index contributed by atoms with van der Waals surface area (Å²) >= 11 is 13.0. The Morgan fingerprint density at radius 1 is 1.15 bits per heavy atom. The maximum atomic E-state index is 11.6. The predicted molar refractivity (Wildman–Crippen MR) is 153 cm³/mol. The monoisotopic (exact) mass is 580 g/mol. The molecule has 0 radical (unpaired) electrons. The standard InChI is InChI=1S/C30H30Cl2N4O4/c1-2-18-3-4-21(23(31)11-18)17-40-29-24(32)12-19-7-9-35(15-26(19)34-29)16-28-33-25-6-5-20(30(37)38)13-27(25)36(28)14-22-8-10-39-22/h3-6,11-13,22H,2,7-10,14-17H2,1H3,(H,37,38)/t22-/m0/s1. The number of rotatable bonds is 9. The minimum Gasteiger partial charge on any atom is -0.478 e. The lowest BCUT2D eigenvalue weighted by Crippen LogP contribution is -2.34. The first kappa shape index (κ1) is 27.0. The van der Waals surface area contributed by atoms with E-state index in [1.54, 1.807) is 18.2 Å². The zero-order valence-corrected chi connectivity index (χ0v) is 23.7. The first-order chi connectivity index (χ1) is 19.4. The molecule has 1 atom stereocenters. The lowest BCUT2D eigenvalue weighted by Gasteiger charge is -2.30. The number of aryl methyl sites for hydroxylation is 1. The van der Waals surface area contributed by atoms with Crippen LogP contribution in [0, 0.1) is 0 Å². The quantitative estimate of drug-likeness (QED) is 0.262. The number of aromatic carboxylic acids is 1. The zero-order valence-electron chi connectivity index (χ0n) is 22.2. The van der Waals surface area contributed by atoms with Crippen LogP contribution in [-0.4, -0.2) is 49.8 Å². The number of fused-ring (bicyclic) bond motifs is 2. The van der Waals surface area contributed by atoms with Crippen LogP contribution in [-0.2, 0) is 43.8 Å². The molecular weight excluding hydrogens is 551 g/mol. The number of benzene rings is 2. The van der Waals surface area contributed by atoms with Gasteiger partial charge in [0.2, 0.25) is 5.88 Å². The van der Waals surface area contributed by atoms with Crippen molar-refractivity contribution in [3.63, 3.8) is 0 Å². The van der Waals surface area contributed by atoms with Crippen LogP contribution in [0.5, 0.6) is 5.88 Å². The van der Waals surface area contributed by atoms with Gasteiger partial charge in [0.25, 0.3) is 0 Å². The number of nitrogens with zero attached hydrogens (tertiary/aromatic N) is 4. The number of halogens is 2. The largest absolute Gasteiger partial charge is 0.478 e. The van der Waals surface area contributed by atoms with E-state index in [1.165, 1.54) is 5.56 Å². The molecule has 2 aromatic heterocycles. The Hall–Kier alpha value is -3.17. The van der Waals surface area contributed by atoms with Crippen molar-refractivity contribution in [2.24, 2.45) is 0 Å². The van der Waals surface area contributed by atoms with Gasteiger partial charge in [-0.2, -0.15) is 0 Å². The molecule has 2 aromatic carbocycles. The zero-order chi connectivity index (χ0) is 27.8. The highest BCUT2D eigenvalue weighted by Crippen LogP contribution is 2.31. The SMILES string of the molecule is CCc1ccc(COc2nc3c(cc2Cl)CCN(Cc2nc4ccc(C(=O)O)cc4n2C[C@@H]2CCO2)C3)c(Cl)c1. The Bertz CT molecular complexity index is 1580. The molecule has 208 valence electrons. The number of carboxylic acid groups (broad SMARTS) is 1. The molecule has 0 bridgehead atoms. The molecule has 6 rings (SSSR count). The highest BCUT2D eigenvalue weighted by Gasteiger charge is 2.26. The van der Waals surface area contributed by atoms with Gasteiger partial charge in [-0.1, -0.05) is 42.3 Å². The van der Waals surface area contributed by atoms with Gasteiger partial charge >= 0.3 is 5.97 Å². The van der Waals surface area contributed by atoms with E-state index in [-0.39, 0.29) is 18.3 Å². The number of hydrogen-bond acceptors (Lipinski definition) is 6. The van der Waals surface area contributed by atoms with Crippen molar-refractivity contribution in [2.45, 2.75) is 58.5 Å². The molecular formula is C30H30Cl2N4O4. The summed E-state index contributed by atoms with van der Waals surface area (Å²) in [4.78, 5) is 23.6. The maximum Gasteiger partial charge on any atom is 0.335 e. The molecule has 1 saturated heterocycles. The van der Waals surface area contributed by atoms with E-state index in [1.807, 2.05) is 18.2 Å². The molecule has 40 heavy (non-hydrogen) atoms. The highest BCUT2D eigenvalue weighted by atomic mass is 35.5. The molecule has 10 heteroatoms. The predicted octanol–water partition coefficient (Wildman–Crippen LogP) is 5.92. The van der Waals surface area contributed by atoms with Crippen molar-refractivity contribution in [1.82, 2.24) is 19.4 Å². The van der Waals surface area contributed by atoms with E-state index in [0.717, 1.165) is 66.1 Å². The Morgan fingerprint density at radius 2 is 2.00 bits per heavy atom. The van der Waals surface area contributed by atoms with E-state index in [0.29, 0.717) is 35.6 Å². The molecule has 2 aliphatic heterocycles. The number of ether oxygens (including phenoxy) is 2. The Kier molecular flexibility index (Phi) is 7.68. The third-order valence-corrected chi connectivity index (χ3v) is 8.31. The Labute approximate surface area is 242 Å². The van der Waals surface area contributed by atoms with Crippen molar-refractivity contribution in [2.75, 3.05) is 13.2 Å². The molecule has 0 amide bonds. The van der Waals surface area contributed by atoms with Crippen LogP contribution in [0.3, 0.4) is 0 Å². The third-order valence-electron chi connectivity index (χ3n) is 7.69. The van der Waals surface area contributed by atoms with Gasteiger partial charge in [-0.3, -0.25) is 4.90 Å². The molecule has 4 aromatic rings. The molecule has 0 aliphatic carbocycles. The number of hydrogen-bond donors (Lipinski definition) is 1. The van der Waals surface area contributed by atoms with Crippen LogP contribution in [0.15, 0.2) is 42.5 Å². The fourth-order valence-corrected chi connectivity index (χ4v) is 5.73. The molecule has 1 fully saturated rings. The van der Waals surface area contributed by atoms with Crippen molar-refractivity contribution in [3.8, 4) is 5.88 Å². The molecule has 1 N–H and O–H groups in total.